The van der Waals surface area contributed by atoms with Gasteiger partial charge in [0, 0.05) is 18.4 Å². The highest BCUT2D eigenvalue weighted by molar-refractivity contribution is 7.98. The van der Waals surface area contributed by atoms with E-state index < -0.39 is 0 Å². The number of carbonyl (C=O) groups is 1. The predicted octanol–water partition coefficient (Wildman–Crippen LogP) is 3.39. The van der Waals surface area contributed by atoms with Gasteiger partial charge in [0.1, 0.15) is 6.33 Å². The highest BCUT2D eigenvalue weighted by Gasteiger charge is 2.07. The SMILES string of the molecule is Cn1c(=NC(=O)c2ccc(CSc3ncn[nH]3)cc2)sc2ccccc21. The van der Waals surface area contributed by atoms with Gasteiger partial charge in [-0.3, -0.25) is 9.89 Å². The standard InChI is InChI=1S/C18H15N5OS2/c1-23-14-4-2-3-5-15(14)26-18(23)21-16(24)13-8-6-12(7-9-13)10-25-17-19-11-20-22-17/h2-9,11H,10H2,1H3,(H,19,20,22). The van der Waals surface area contributed by atoms with Crippen molar-refractivity contribution in [3.63, 3.8) is 0 Å². The summed E-state index contributed by atoms with van der Waals surface area (Å²) in [4.78, 5) is 21.6. The highest BCUT2D eigenvalue weighted by atomic mass is 32.2. The van der Waals surface area contributed by atoms with Gasteiger partial charge in [-0.05, 0) is 29.8 Å². The maximum Gasteiger partial charge on any atom is 0.279 e. The van der Waals surface area contributed by atoms with Gasteiger partial charge in [0.15, 0.2) is 9.96 Å². The Labute approximate surface area is 157 Å². The van der Waals surface area contributed by atoms with Crippen molar-refractivity contribution in [1.29, 1.82) is 0 Å². The number of aromatic nitrogens is 4. The van der Waals surface area contributed by atoms with Crippen LogP contribution in [0.4, 0.5) is 0 Å². The molecule has 130 valence electrons. The van der Waals surface area contributed by atoms with Gasteiger partial charge in [-0.1, -0.05) is 47.4 Å². The number of hydrogen-bond donors (Lipinski definition) is 1. The summed E-state index contributed by atoms with van der Waals surface area (Å²) in [5, 5.41) is 7.41. The van der Waals surface area contributed by atoms with Gasteiger partial charge < -0.3 is 4.57 Å². The minimum Gasteiger partial charge on any atom is -0.319 e. The van der Waals surface area contributed by atoms with Crippen molar-refractivity contribution in [1.82, 2.24) is 19.7 Å². The topological polar surface area (TPSA) is 75.9 Å². The zero-order chi connectivity index (χ0) is 17.9. The third-order valence-corrected chi connectivity index (χ3v) is 5.94. The molecule has 0 aliphatic rings. The van der Waals surface area contributed by atoms with Crippen molar-refractivity contribution in [3.05, 3.63) is 70.8 Å². The van der Waals surface area contributed by atoms with Crippen LogP contribution in [-0.2, 0) is 12.8 Å². The Kier molecular flexibility index (Phi) is 4.68. The monoisotopic (exact) mass is 381 g/mol. The van der Waals surface area contributed by atoms with Crippen LogP contribution < -0.4 is 4.80 Å². The normalized spacial score (nSPS) is 12.0. The first-order valence-corrected chi connectivity index (χ1v) is 9.71. The van der Waals surface area contributed by atoms with Gasteiger partial charge in [-0.25, -0.2) is 4.98 Å². The highest BCUT2D eigenvalue weighted by Crippen LogP contribution is 2.19. The third-order valence-electron chi connectivity index (χ3n) is 3.88. The van der Waals surface area contributed by atoms with Crippen LogP contribution in [0.3, 0.4) is 0 Å². The number of thiazole rings is 1. The smallest absolute Gasteiger partial charge is 0.279 e. The fourth-order valence-electron chi connectivity index (χ4n) is 2.50. The van der Waals surface area contributed by atoms with Crippen molar-refractivity contribution in [2.24, 2.45) is 12.0 Å². The molecule has 0 saturated heterocycles. The summed E-state index contributed by atoms with van der Waals surface area (Å²) in [7, 11) is 1.93. The van der Waals surface area contributed by atoms with E-state index in [-0.39, 0.29) is 5.91 Å². The molecule has 0 atom stereocenters. The summed E-state index contributed by atoms with van der Waals surface area (Å²) < 4.78 is 3.06. The van der Waals surface area contributed by atoms with E-state index in [0.29, 0.717) is 10.4 Å². The van der Waals surface area contributed by atoms with E-state index in [1.165, 1.54) is 17.7 Å². The number of benzene rings is 2. The molecule has 2 aromatic heterocycles. The van der Waals surface area contributed by atoms with Crippen LogP contribution in [0.2, 0.25) is 0 Å². The largest absolute Gasteiger partial charge is 0.319 e. The van der Waals surface area contributed by atoms with E-state index in [9.17, 15) is 4.79 Å². The van der Waals surface area contributed by atoms with Crippen LogP contribution >= 0.6 is 23.1 Å². The molecule has 4 rings (SSSR count). The van der Waals surface area contributed by atoms with Crippen LogP contribution in [0.15, 0.2) is 65.0 Å². The van der Waals surface area contributed by atoms with E-state index in [1.54, 1.807) is 11.8 Å². The number of aromatic amines is 1. The van der Waals surface area contributed by atoms with Crippen molar-refractivity contribution < 1.29 is 4.79 Å². The Balaban J connectivity index is 1.53. The second-order valence-electron chi connectivity index (χ2n) is 5.60. The van der Waals surface area contributed by atoms with Gasteiger partial charge in [0.05, 0.1) is 10.2 Å². The fraction of sp³-hybridized carbons (Fsp3) is 0.111. The fourth-order valence-corrected chi connectivity index (χ4v) is 4.25. The summed E-state index contributed by atoms with van der Waals surface area (Å²) in [5.41, 5.74) is 2.76. The number of thioether (sulfide) groups is 1. The molecule has 6 nitrogen and oxygen atoms in total. The second-order valence-corrected chi connectivity index (χ2v) is 7.58. The Bertz CT molecular complexity index is 1110. The van der Waals surface area contributed by atoms with E-state index in [2.05, 4.69) is 20.2 Å². The molecule has 2 heterocycles. The molecule has 0 fully saturated rings. The molecule has 26 heavy (non-hydrogen) atoms. The minimum absolute atomic E-state index is 0.235. The van der Waals surface area contributed by atoms with Gasteiger partial charge in [-0.2, -0.15) is 10.1 Å². The maximum atomic E-state index is 12.5. The zero-order valence-corrected chi connectivity index (χ0v) is 15.5. The van der Waals surface area contributed by atoms with Crippen LogP contribution in [0.5, 0.6) is 0 Å². The molecular formula is C18H15N5OS2. The number of aryl methyl sites for hydroxylation is 1. The summed E-state index contributed by atoms with van der Waals surface area (Å²) in [5.74, 6) is 0.521. The van der Waals surface area contributed by atoms with Crippen molar-refractivity contribution in [2.75, 3.05) is 0 Å². The molecule has 4 aromatic rings. The number of amides is 1. The zero-order valence-electron chi connectivity index (χ0n) is 13.9. The van der Waals surface area contributed by atoms with Gasteiger partial charge in [0.25, 0.3) is 5.91 Å². The molecule has 1 amide bonds. The molecule has 0 bridgehead atoms. The van der Waals surface area contributed by atoms with Crippen LogP contribution in [-0.4, -0.2) is 25.7 Å². The van der Waals surface area contributed by atoms with E-state index in [1.807, 2.05) is 60.1 Å². The molecule has 0 spiro atoms. The average molecular weight is 381 g/mol. The number of fused-ring (bicyclic) bond motifs is 1. The molecule has 2 aromatic carbocycles. The number of hydrogen-bond acceptors (Lipinski definition) is 5. The van der Waals surface area contributed by atoms with Gasteiger partial charge in [0.2, 0.25) is 0 Å². The van der Waals surface area contributed by atoms with Crippen molar-refractivity contribution >= 4 is 39.2 Å². The van der Waals surface area contributed by atoms with Crippen LogP contribution in [0.1, 0.15) is 15.9 Å². The Morgan fingerprint density at radius 2 is 2.04 bits per heavy atom. The van der Waals surface area contributed by atoms with Crippen LogP contribution in [0.25, 0.3) is 10.2 Å². The lowest BCUT2D eigenvalue weighted by Gasteiger charge is -2.00. The summed E-state index contributed by atoms with van der Waals surface area (Å²) in [6.07, 6.45) is 1.49. The lowest BCUT2D eigenvalue weighted by molar-refractivity contribution is 0.0998. The van der Waals surface area contributed by atoms with Gasteiger partial charge in [-0.15, -0.1) is 0 Å². The number of H-pyrrole nitrogens is 1. The Hall–Kier alpha value is -2.71. The van der Waals surface area contributed by atoms with Crippen molar-refractivity contribution in [3.8, 4) is 0 Å². The van der Waals surface area contributed by atoms with Crippen LogP contribution in [0, 0.1) is 0 Å². The summed E-state index contributed by atoms with van der Waals surface area (Å²) in [6, 6.07) is 15.5. The molecule has 1 N–H and O–H groups in total. The number of nitrogens with one attached hydrogen (secondary N) is 1. The summed E-state index contributed by atoms with van der Waals surface area (Å²) >= 11 is 3.07. The Morgan fingerprint density at radius 3 is 2.77 bits per heavy atom. The summed E-state index contributed by atoms with van der Waals surface area (Å²) in [6.45, 7) is 0. The maximum absolute atomic E-state index is 12.5. The first-order chi connectivity index (χ1) is 12.7. The molecular weight excluding hydrogens is 366 g/mol. The quantitative estimate of drug-likeness (QED) is 0.550. The first kappa shape index (κ1) is 16.7. The lowest BCUT2D eigenvalue weighted by atomic mass is 10.1. The predicted molar refractivity (Wildman–Crippen MR) is 103 cm³/mol. The van der Waals surface area contributed by atoms with E-state index in [4.69, 9.17) is 0 Å². The molecule has 0 saturated carbocycles. The second kappa shape index (κ2) is 7.27. The lowest BCUT2D eigenvalue weighted by Crippen LogP contribution is -2.13. The van der Waals surface area contributed by atoms with E-state index >= 15 is 0 Å². The first-order valence-electron chi connectivity index (χ1n) is 7.91. The number of nitrogens with zero attached hydrogens (tertiary/aromatic N) is 4. The number of carbonyl (C=O) groups excluding carboxylic acids is 1. The Morgan fingerprint density at radius 1 is 1.23 bits per heavy atom. The molecule has 0 aliphatic carbocycles. The van der Waals surface area contributed by atoms with E-state index in [0.717, 1.165) is 26.7 Å². The number of rotatable bonds is 4. The average Bonchev–Trinajstić information content (AvgIpc) is 3.29. The number of para-hydroxylation sites is 1. The third kappa shape index (κ3) is 3.47. The molecule has 0 unspecified atom stereocenters. The molecule has 8 heteroatoms. The minimum atomic E-state index is -0.235. The molecule has 0 radical (unpaired) electrons. The van der Waals surface area contributed by atoms with Crippen molar-refractivity contribution in [2.45, 2.75) is 10.9 Å². The molecule has 0 aliphatic heterocycles. The van der Waals surface area contributed by atoms with Gasteiger partial charge >= 0.3 is 0 Å².